The molecule has 15 N–H and O–H groups in total. The van der Waals surface area contributed by atoms with E-state index in [4.69, 9.17) is 11.5 Å². The molecule has 0 aliphatic carbocycles. The molecule has 7 amide bonds. The molecule has 2 aromatic carbocycles. The van der Waals surface area contributed by atoms with Gasteiger partial charge < -0.3 is 69.0 Å². The van der Waals surface area contributed by atoms with Gasteiger partial charge in [-0.25, -0.2) is 0 Å². The number of aliphatic hydroxyl groups excluding tert-OH is 3. The molecule has 1 aromatic heterocycles. The van der Waals surface area contributed by atoms with E-state index in [0.29, 0.717) is 24.0 Å². The summed E-state index contributed by atoms with van der Waals surface area (Å²) in [7, 11) is 0. The Hall–Kier alpha value is -5.58. The van der Waals surface area contributed by atoms with E-state index in [9.17, 15) is 48.9 Å². The highest BCUT2D eigenvalue weighted by Gasteiger charge is 2.36. The van der Waals surface area contributed by atoms with E-state index in [1.807, 2.05) is 24.3 Å². The van der Waals surface area contributed by atoms with Gasteiger partial charge in [0.2, 0.25) is 41.4 Å². The molecule has 3 aromatic rings. The summed E-state index contributed by atoms with van der Waals surface area (Å²) in [4.78, 5) is 100. The standard InChI is InChI=1S/C43H62N10O10S/c1-23-37(57)49-32(17-26-11-5-4-6-12-26)40(60)50-33(18-27-19-46-30-14-8-7-13-28(27)30)41(61)48-31(15-9-10-16-44)39(59)53-36(25(3)56)43(63)52-35(22-64-21-29(45)38(58)47-23)42(62)51-34(20-54)24(2)55/h4-8,11-14,19,23-25,29,31-36,46,54-56H,9-10,15-18,20-22,44-45H2,1-3H3,(H,47,58)(H,48,61)(H,49,57)(H,50,60)(H,51,62)(H,52,63)(H,53,59)/t23-,24+,25+,29-,31-,32-,33-,34+,35-,36-/m0/s1. The van der Waals surface area contributed by atoms with E-state index < -0.39 is 108 Å². The Labute approximate surface area is 375 Å². The lowest BCUT2D eigenvalue weighted by Crippen LogP contribution is -2.62. The lowest BCUT2D eigenvalue weighted by molar-refractivity contribution is -0.136. The highest BCUT2D eigenvalue weighted by Crippen LogP contribution is 2.20. The topological polar surface area (TPSA) is 332 Å². The van der Waals surface area contributed by atoms with Gasteiger partial charge in [-0.2, -0.15) is 11.8 Å². The summed E-state index contributed by atoms with van der Waals surface area (Å²) in [6.45, 7) is 3.62. The number of amides is 7. The van der Waals surface area contributed by atoms with Crippen LogP contribution in [0.3, 0.4) is 0 Å². The molecular formula is C43H62N10O10S. The van der Waals surface area contributed by atoms with Crippen LogP contribution in [0.1, 0.15) is 51.2 Å². The van der Waals surface area contributed by atoms with Crippen LogP contribution >= 0.6 is 11.8 Å². The van der Waals surface area contributed by atoms with Crippen molar-refractivity contribution < 1.29 is 48.9 Å². The number of carbonyl (C=O) groups excluding carboxylic acids is 7. The molecule has 1 saturated heterocycles. The van der Waals surface area contributed by atoms with Gasteiger partial charge in [0.25, 0.3) is 0 Å². The number of thioether (sulfide) groups is 1. The molecule has 64 heavy (non-hydrogen) atoms. The number of fused-ring (bicyclic) bond motifs is 1. The number of rotatable bonds is 13. The fourth-order valence-electron chi connectivity index (χ4n) is 6.87. The SMILES string of the molecule is C[C@@H]1NC(=O)[C@@H](N)CSC[C@@H](C(=O)N[C@H](CO)[C@@H](C)O)NC(=O)[C@H]([C@@H](C)O)NC(=O)[C@H](CCCCN)NC(=O)[C@H](Cc2c[nH]c3ccccc23)NC(=O)[C@H](Cc2ccccc2)NC1=O. The van der Waals surface area contributed by atoms with Crippen LogP contribution in [0.2, 0.25) is 0 Å². The predicted molar refractivity (Wildman–Crippen MR) is 240 cm³/mol. The average molecular weight is 911 g/mol. The molecule has 0 unspecified atom stereocenters. The van der Waals surface area contributed by atoms with Gasteiger partial charge in [-0.15, -0.1) is 0 Å². The number of para-hydroxylation sites is 1. The molecule has 1 fully saturated rings. The number of hydrogen-bond donors (Lipinski definition) is 13. The van der Waals surface area contributed by atoms with Crippen LogP contribution in [0, 0.1) is 0 Å². The van der Waals surface area contributed by atoms with Gasteiger partial charge in [0, 0.05) is 41.4 Å². The number of hydrogen-bond acceptors (Lipinski definition) is 13. The maximum absolute atomic E-state index is 14.5. The minimum absolute atomic E-state index is 0.00537. The summed E-state index contributed by atoms with van der Waals surface area (Å²) in [5, 5.41) is 49.7. The number of carbonyl (C=O) groups is 7. The minimum atomic E-state index is -1.66. The number of aromatic amines is 1. The number of unbranched alkanes of at least 4 members (excludes halogenated alkanes) is 1. The van der Waals surface area contributed by atoms with Crippen LogP contribution < -0.4 is 48.7 Å². The highest BCUT2D eigenvalue weighted by molar-refractivity contribution is 7.99. The third kappa shape index (κ3) is 15.0. The van der Waals surface area contributed by atoms with E-state index in [1.54, 1.807) is 36.5 Å². The van der Waals surface area contributed by atoms with E-state index in [-0.39, 0.29) is 37.3 Å². The third-order valence-electron chi connectivity index (χ3n) is 10.7. The van der Waals surface area contributed by atoms with Crippen LogP contribution in [-0.4, -0.2) is 147 Å². The summed E-state index contributed by atoms with van der Waals surface area (Å²) < 4.78 is 0. The van der Waals surface area contributed by atoms with Crippen molar-refractivity contribution in [3.63, 3.8) is 0 Å². The van der Waals surface area contributed by atoms with Crippen molar-refractivity contribution in [3.05, 3.63) is 71.9 Å². The number of aromatic nitrogens is 1. The van der Waals surface area contributed by atoms with Gasteiger partial charge >= 0.3 is 0 Å². The van der Waals surface area contributed by atoms with E-state index in [2.05, 4.69) is 42.2 Å². The molecule has 21 heteroatoms. The number of aliphatic hydroxyl groups is 3. The fraction of sp³-hybridized carbons (Fsp3) is 0.512. The van der Waals surface area contributed by atoms with Gasteiger partial charge in [-0.1, -0.05) is 48.5 Å². The first kappa shape index (κ1) is 51.1. The third-order valence-corrected chi connectivity index (χ3v) is 11.9. The van der Waals surface area contributed by atoms with Crippen molar-refractivity contribution in [2.75, 3.05) is 24.7 Å². The molecule has 4 rings (SSSR count). The molecule has 20 nitrogen and oxygen atoms in total. The van der Waals surface area contributed by atoms with Gasteiger partial charge in [0.05, 0.1) is 30.9 Å². The Balaban J connectivity index is 1.76. The zero-order chi connectivity index (χ0) is 46.9. The monoisotopic (exact) mass is 910 g/mol. The first-order valence-corrected chi connectivity index (χ1v) is 22.4. The number of nitrogens with two attached hydrogens (primary N) is 2. The Bertz CT molecular complexity index is 2050. The quantitative estimate of drug-likeness (QED) is 0.0780. The second-order valence-electron chi connectivity index (χ2n) is 15.9. The number of H-pyrrole nitrogens is 1. The number of benzene rings is 2. The van der Waals surface area contributed by atoms with Crippen LogP contribution in [0.25, 0.3) is 10.9 Å². The van der Waals surface area contributed by atoms with Crippen LogP contribution in [0.4, 0.5) is 0 Å². The van der Waals surface area contributed by atoms with Gasteiger partial charge in [0.1, 0.15) is 36.3 Å². The van der Waals surface area contributed by atoms with Gasteiger partial charge in [-0.3, -0.25) is 33.6 Å². The Morgan fingerprint density at radius 1 is 0.766 bits per heavy atom. The zero-order valence-electron chi connectivity index (χ0n) is 36.2. The first-order valence-electron chi connectivity index (χ1n) is 21.2. The molecule has 10 atom stereocenters. The van der Waals surface area contributed by atoms with E-state index in [1.165, 1.54) is 20.8 Å². The maximum Gasteiger partial charge on any atom is 0.245 e. The maximum atomic E-state index is 14.5. The summed E-state index contributed by atoms with van der Waals surface area (Å²) in [6.07, 6.45) is -0.229. The average Bonchev–Trinajstić information content (AvgIpc) is 3.67. The minimum Gasteiger partial charge on any atom is -0.394 e. The molecule has 350 valence electrons. The highest BCUT2D eigenvalue weighted by atomic mass is 32.2. The molecule has 2 heterocycles. The Morgan fingerprint density at radius 3 is 2.05 bits per heavy atom. The van der Waals surface area contributed by atoms with E-state index >= 15 is 0 Å². The largest absolute Gasteiger partial charge is 0.394 e. The van der Waals surface area contributed by atoms with E-state index in [0.717, 1.165) is 22.7 Å². The Kier molecular flexibility index (Phi) is 20.0. The molecule has 0 spiro atoms. The predicted octanol–water partition coefficient (Wildman–Crippen LogP) is -2.68. The molecule has 1 aliphatic heterocycles. The molecular weight excluding hydrogens is 849 g/mol. The second-order valence-corrected chi connectivity index (χ2v) is 17.0. The molecule has 0 bridgehead atoms. The molecule has 0 saturated carbocycles. The van der Waals surface area contributed by atoms with Crippen molar-refractivity contribution in [2.24, 2.45) is 11.5 Å². The van der Waals surface area contributed by atoms with Crippen LogP contribution in [0.15, 0.2) is 60.8 Å². The normalized spacial score (nSPS) is 25.2. The summed E-state index contributed by atoms with van der Waals surface area (Å²) >= 11 is 0.979. The lowest BCUT2D eigenvalue weighted by atomic mass is 10.0. The van der Waals surface area contributed by atoms with Crippen LogP contribution in [-0.2, 0) is 46.4 Å². The lowest BCUT2D eigenvalue weighted by Gasteiger charge is -2.29. The van der Waals surface area contributed by atoms with Crippen molar-refractivity contribution in [2.45, 2.75) is 113 Å². The van der Waals surface area contributed by atoms with Gasteiger partial charge in [-0.05, 0) is 63.8 Å². The summed E-state index contributed by atoms with van der Waals surface area (Å²) in [6, 6.07) is 5.64. The summed E-state index contributed by atoms with van der Waals surface area (Å²) in [5.41, 5.74) is 14.0. The number of nitrogens with one attached hydrogen (secondary N) is 8. The smallest absolute Gasteiger partial charge is 0.245 e. The molecule has 1 aliphatic rings. The van der Waals surface area contributed by atoms with Crippen molar-refractivity contribution in [1.29, 1.82) is 0 Å². The van der Waals surface area contributed by atoms with Crippen molar-refractivity contribution in [3.8, 4) is 0 Å². The first-order chi connectivity index (χ1) is 30.5. The Morgan fingerprint density at radius 2 is 1.39 bits per heavy atom. The molecule has 0 radical (unpaired) electrons. The van der Waals surface area contributed by atoms with Crippen LogP contribution in [0.5, 0.6) is 0 Å². The second kappa shape index (κ2) is 25.1. The van der Waals surface area contributed by atoms with Crippen molar-refractivity contribution in [1.82, 2.24) is 42.2 Å². The van der Waals surface area contributed by atoms with Crippen molar-refractivity contribution >= 4 is 64.0 Å². The summed E-state index contributed by atoms with van der Waals surface area (Å²) in [5.74, 6) is -6.01. The zero-order valence-corrected chi connectivity index (χ0v) is 37.0. The van der Waals surface area contributed by atoms with Gasteiger partial charge in [0.15, 0.2) is 0 Å². The fourth-order valence-corrected chi connectivity index (χ4v) is 7.88.